The molecule has 4 aromatic rings. The molecular formula is C18H14N3+. The van der Waals surface area contributed by atoms with Crippen molar-refractivity contribution in [2.45, 2.75) is 0 Å². The van der Waals surface area contributed by atoms with Crippen LogP contribution in [0, 0.1) is 0 Å². The zero-order valence-electron chi connectivity index (χ0n) is 11.4. The number of pyridine rings is 1. The number of aromatic amines is 1. The third-order valence-electron chi connectivity index (χ3n) is 3.62. The Kier molecular flexibility index (Phi) is 2.75. The third kappa shape index (κ3) is 2.09. The quantitative estimate of drug-likeness (QED) is 0.556. The first-order valence-corrected chi connectivity index (χ1v) is 6.92. The van der Waals surface area contributed by atoms with E-state index in [4.69, 9.17) is 0 Å². The molecule has 2 aromatic heterocycles. The molecule has 0 saturated carbocycles. The Labute approximate surface area is 122 Å². The normalized spacial score (nSPS) is 10.9. The summed E-state index contributed by atoms with van der Waals surface area (Å²) < 4.78 is 1.99. The van der Waals surface area contributed by atoms with Gasteiger partial charge in [-0.3, -0.25) is 0 Å². The van der Waals surface area contributed by atoms with Crippen LogP contribution < -0.4 is 4.57 Å². The summed E-state index contributed by atoms with van der Waals surface area (Å²) in [5, 5.41) is 10.0. The smallest absolute Gasteiger partial charge is 0.201 e. The van der Waals surface area contributed by atoms with Crippen molar-refractivity contribution in [3.8, 4) is 17.1 Å². The number of aromatic nitrogens is 3. The molecule has 100 valence electrons. The summed E-state index contributed by atoms with van der Waals surface area (Å²) >= 11 is 0. The van der Waals surface area contributed by atoms with Gasteiger partial charge in [-0.15, -0.1) is 0 Å². The molecule has 0 aliphatic rings. The summed E-state index contributed by atoms with van der Waals surface area (Å²) in [5.74, 6) is 0.888. The van der Waals surface area contributed by atoms with Crippen LogP contribution in [-0.2, 0) is 0 Å². The molecule has 0 fully saturated rings. The van der Waals surface area contributed by atoms with E-state index >= 15 is 0 Å². The second kappa shape index (κ2) is 4.87. The van der Waals surface area contributed by atoms with Gasteiger partial charge in [-0.2, -0.15) is 5.10 Å². The van der Waals surface area contributed by atoms with Gasteiger partial charge in [-0.1, -0.05) is 48.5 Å². The first-order valence-electron chi connectivity index (χ1n) is 6.92. The molecule has 1 N–H and O–H groups in total. The molecule has 21 heavy (non-hydrogen) atoms. The molecule has 3 nitrogen and oxygen atoms in total. The molecule has 0 aliphatic heterocycles. The summed E-state index contributed by atoms with van der Waals surface area (Å²) in [6.45, 7) is 0. The molecular weight excluding hydrogens is 258 g/mol. The van der Waals surface area contributed by atoms with Gasteiger partial charge in [0.1, 0.15) is 0 Å². The number of hydrogen-bond acceptors (Lipinski definition) is 1. The van der Waals surface area contributed by atoms with E-state index in [-0.39, 0.29) is 0 Å². The summed E-state index contributed by atoms with van der Waals surface area (Å²) in [6.07, 6.45) is 3.98. The monoisotopic (exact) mass is 272 g/mol. The average Bonchev–Trinajstić information content (AvgIpc) is 3.05. The zero-order valence-corrected chi connectivity index (χ0v) is 11.4. The van der Waals surface area contributed by atoms with Gasteiger partial charge in [0.25, 0.3) is 0 Å². The first kappa shape index (κ1) is 11.9. The maximum atomic E-state index is 4.41. The topological polar surface area (TPSA) is 32.6 Å². The molecule has 0 bridgehead atoms. The molecule has 0 spiro atoms. The predicted molar refractivity (Wildman–Crippen MR) is 83.1 cm³/mol. The molecule has 4 rings (SSSR count). The van der Waals surface area contributed by atoms with E-state index < -0.39 is 0 Å². The fourth-order valence-electron chi connectivity index (χ4n) is 2.59. The Bertz CT molecular complexity index is 889. The van der Waals surface area contributed by atoms with E-state index in [9.17, 15) is 0 Å². The van der Waals surface area contributed by atoms with Crippen molar-refractivity contribution in [2.75, 3.05) is 0 Å². The summed E-state index contributed by atoms with van der Waals surface area (Å²) in [7, 11) is 0. The molecule has 0 aliphatic carbocycles. The maximum absolute atomic E-state index is 4.41. The molecule has 2 heterocycles. The van der Waals surface area contributed by atoms with Crippen molar-refractivity contribution in [1.29, 1.82) is 0 Å². The summed E-state index contributed by atoms with van der Waals surface area (Å²) in [4.78, 5) is 0. The number of nitrogens with one attached hydrogen (secondary N) is 1. The van der Waals surface area contributed by atoms with Crippen LogP contribution in [0.4, 0.5) is 0 Å². The Morgan fingerprint density at radius 2 is 1.62 bits per heavy atom. The van der Waals surface area contributed by atoms with Gasteiger partial charge >= 0.3 is 5.82 Å². The number of hydrogen-bond donors (Lipinski definition) is 1. The van der Waals surface area contributed by atoms with Crippen molar-refractivity contribution in [2.24, 2.45) is 0 Å². The third-order valence-corrected chi connectivity index (χ3v) is 3.62. The van der Waals surface area contributed by atoms with Crippen LogP contribution in [0.2, 0.25) is 0 Å². The van der Waals surface area contributed by atoms with Gasteiger partial charge in [0, 0.05) is 5.56 Å². The number of benzene rings is 2. The Morgan fingerprint density at radius 1 is 0.810 bits per heavy atom. The Hall–Kier alpha value is -2.94. The molecule has 0 amide bonds. The molecule has 0 saturated heterocycles. The van der Waals surface area contributed by atoms with Crippen LogP contribution in [-0.4, -0.2) is 10.2 Å². The van der Waals surface area contributed by atoms with Crippen LogP contribution >= 0.6 is 0 Å². The number of nitrogens with zero attached hydrogens (tertiary/aromatic N) is 2. The van der Waals surface area contributed by atoms with Crippen molar-refractivity contribution in [3.05, 3.63) is 79.1 Å². The number of fused-ring (bicyclic) bond motifs is 1. The van der Waals surface area contributed by atoms with E-state index in [1.165, 1.54) is 16.3 Å². The standard InChI is InChI=1S/C18H14N3/c1-4-11-21(12-5-1)18-13-17(19-20-18)16-10-6-8-14-7-2-3-9-15(14)16/h1-13H,(H,19,20)/q+1. The van der Waals surface area contributed by atoms with Crippen LogP contribution in [0.15, 0.2) is 79.1 Å². The molecule has 3 heteroatoms. The van der Waals surface area contributed by atoms with Crippen molar-refractivity contribution >= 4 is 10.8 Å². The number of H-pyrrole nitrogens is 1. The molecule has 0 radical (unpaired) electrons. The largest absolute Gasteiger partial charge is 0.354 e. The minimum absolute atomic E-state index is 0.888. The first-order chi connectivity index (χ1) is 10.4. The Balaban J connectivity index is 1.85. The lowest BCUT2D eigenvalue weighted by Gasteiger charge is -2.02. The lowest BCUT2D eigenvalue weighted by Crippen LogP contribution is -2.29. The zero-order chi connectivity index (χ0) is 14.1. The summed E-state index contributed by atoms with van der Waals surface area (Å²) in [6, 6.07) is 22.8. The van der Waals surface area contributed by atoms with Gasteiger partial charge < -0.3 is 0 Å². The van der Waals surface area contributed by atoms with Gasteiger partial charge in [0.05, 0.1) is 29.3 Å². The second-order valence-electron chi connectivity index (χ2n) is 4.95. The minimum Gasteiger partial charge on any atom is -0.201 e. The van der Waals surface area contributed by atoms with Gasteiger partial charge in [0.2, 0.25) is 0 Å². The highest BCUT2D eigenvalue weighted by Gasteiger charge is 2.14. The highest BCUT2D eigenvalue weighted by molar-refractivity contribution is 5.95. The average molecular weight is 272 g/mol. The fourth-order valence-corrected chi connectivity index (χ4v) is 2.59. The van der Waals surface area contributed by atoms with E-state index in [0.717, 1.165) is 11.5 Å². The molecule has 2 aromatic carbocycles. The number of rotatable bonds is 2. The highest BCUT2D eigenvalue weighted by atomic mass is 15.2. The van der Waals surface area contributed by atoms with Crippen molar-refractivity contribution in [1.82, 2.24) is 10.2 Å². The maximum Gasteiger partial charge on any atom is 0.354 e. The van der Waals surface area contributed by atoms with Crippen LogP contribution in [0.5, 0.6) is 0 Å². The SMILES string of the molecule is c1cc[n+](-c2cc(-c3cccc4ccccc34)[nH]n2)cc1. The van der Waals surface area contributed by atoms with E-state index in [1.807, 2.05) is 35.2 Å². The minimum atomic E-state index is 0.888. The van der Waals surface area contributed by atoms with Crippen molar-refractivity contribution in [3.63, 3.8) is 0 Å². The highest BCUT2D eigenvalue weighted by Crippen LogP contribution is 2.27. The van der Waals surface area contributed by atoms with Crippen molar-refractivity contribution < 1.29 is 4.57 Å². The van der Waals surface area contributed by atoms with E-state index in [0.29, 0.717) is 0 Å². The van der Waals surface area contributed by atoms with Crippen LogP contribution in [0.25, 0.3) is 27.8 Å². The Morgan fingerprint density at radius 3 is 2.52 bits per heavy atom. The second-order valence-corrected chi connectivity index (χ2v) is 4.95. The predicted octanol–water partition coefficient (Wildman–Crippen LogP) is 3.51. The lowest BCUT2D eigenvalue weighted by molar-refractivity contribution is -0.599. The van der Waals surface area contributed by atoms with Gasteiger partial charge in [0.15, 0.2) is 0 Å². The lowest BCUT2D eigenvalue weighted by atomic mass is 10.0. The van der Waals surface area contributed by atoms with Crippen LogP contribution in [0.3, 0.4) is 0 Å². The van der Waals surface area contributed by atoms with Gasteiger partial charge in [-0.25, -0.2) is 4.57 Å². The van der Waals surface area contributed by atoms with Crippen LogP contribution in [0.1, 0.15) is 0 Å². The molecule has 0 unspecified atom stereocenters. The van der Waals surface area contributed by atoms with E-state index in [2.05, 4.69) is 58.7 Å². The fraction of sp³-hybridized carbons (Fsp3) is 0. The van der Waals surface area contributed by atoms with E-state index in [1.54, 1.807) is 0 Å². The van der Waals surface area contributed by atoms with Gasteiger partial charge in [-0.05, 0) is 22.9 Å². The molecule has 0 atom stereocenters. The summed E-state index contributed by atoms with van der Waals surface area (Å²) in [5.41, 5.74) is 2.20.